The van der Waals surface area contributed by atoms with Gasteiger partial charge in [-0.2, -0.15) is 17.0 Å². The molecule has 1 spiro atoms. The highest BCUT2D eigenvalue weighted by molar-refractivity contribution is 7.86. The number of amides is 1. The zero-order chi connectivity index (χ0) is 34.2. The van der Waals surface area contributed by atoms with Gasteiger partial charge in [0.25, 0.3) is 16.1 Å². The van der Waals surface area contributed by atoms with E-state index in [0.29, 0.717) is 43.7 Å². The van der Waals surface area contributed by atoms with Gasteiger partial charge in [0.05, 0.1) is 11.8 Å². The SMILES string of the molecule is CC(C)N(C(=O)c1cc(F)ccc1Oc1cncnc1N1CC[C@@H](CN2CC3(CCN(S(=O)(=O)N4CCC(N)CC4)CC3)C2)C1)C(C)C. The molecule has 264 valence electrons. The predicted molar refractivity (Wildman–Crippen MR) is 183 cm³/mol. The summed E-state index contributed by atoms with van der Waals surface area (Å²) >= 11 is 0. The van der Waals surface area contributed by atoms with Gasteiger partial charge in [-0.25, -0.2) is 14.4 Å². The van der Waals surface area contributed by atoms with Crippen molar-refractivity contribution >= 4 is 21.9 Å². The lowest BCUT2D eigenvalue weighted by Gasteiger charge is -2.54. The number of benzene rings is 1. The molecule has 4 aliphatic heterocycles. The summed E-state index contributed by atoms with van der Waals surface area (Å²) in [4.78, 5) is 28.7. The molecule has 0 bridgehead atoms. The maximum absolute atomic E-state index is 14.4. The third-order valence-corrected chi connectivity index (χ3v) is 12.6. The Kier molecular flexibility index (Phi) is 10.3. The lowest BCUT2D eigenvalue weighted by Crippen LogP contribution is -2.62. The zero-order valence-electron chi connectivity index (χ0n) is 28.7. The Hall–Kier alpha value is -2.91. The van der Waals surface area contributed by atoms with Gasteiger partial charge in [0.15, 0.2) is 11.6 Å². The smallest absolute Gasteiger partial charge is 0.281 e. The molecule has 0 radical (unpaired) electrons. The number of likely N-dealkylation sites (tertiary alicyclic amines) is 1. The number of nitrogens with zero attached hydrogens (tertiary/aromatic N) is 7. The largest absolute Gasteiger partial charge is 0.451 e. The van der Waals surface area contributed by atoms with Gasteiger partial charge in [-0.1, -0.05) is 0 Å². The van der Waals surface area contributed by atoms with E-state index in [1.807, 2.05) is 27.7 Å². The number of carbonyl (C=O) groups excluding carboxylic acids is 1. The third kappa shape index (κ3) is 7.32. The fraction of sp³-hybridized carbons (Fsp3) is 0.676. The molecule has 2 N–H and O–H groups in total. The van der Waals surface area contributed by atoms with Crippen molar-refractivity contribution in [1.29, 1.82) is 0 Å². The van der Waals surface area contributed by atoms with Crippen LogP contribution in [-0.2, 0) is 10.2 Å². The number of anilines is 1. The highest BCUT2D eigenvalue weighted by Gasteiger charge is 2.48. The molecule has 1 atom stereocenters. The number of aromatic nitrogens is 2. The van der Waals surface area contributed by atoms with Gasteiger partial charge in [0, 0.05) is 77.0 Å². The molecule has 4 fully saturated rings. The maximum Gasteiger partial charge on any atom is 0.281 e. The van der Waals surface area contributed by atoms with E-state index >= 15 is 0 Å². The summed E-state index contributed by atoms with van der Waals surface area (Å²) in [5.41, 5.74) is 6.36. The van der Waals surface area contributed by atoms with Gasteiger partial charge in [-0.3, -0.25) is 4.79 Å². The highest BCUT2D eigenvalue weighted by Crippen LogP contribution is 2.42. The number of hydrogen-bond donors (Lipinski definition) is 1. The first-order valence-electron chi connectivity index (χ1n) is 17.4. The van der Waals surface area contributed by atoms with E-state index < -0.39 is 16.0 Å². The Morgan fingerprint density at radius 3 is 2.35 bits per heavy atom. The molecule has 4 aliphatic rings. The van der Waals surface area contributed by atoms with Gasteiger partial charge in [-0.15, -0.1) is 0 Å². The van der Waals surface area contributed by atoms with Gasteiger partial charge >= 0.3 is 0 Å². The normalized spacial score (nSPS) is 22.8. The Bertz CT molecular complexity index is 1540. The van der Waals surface area contributed by atoms with E-state index in [2.05, 4.69) is 19.8 Å². The van der Waals surface area contributed by atoms with Crippen LogP contribution in [0.5, 0.6) is 11.5 Å². The number of halogens is 1. The van der Waals surface area contributed by atoms with Crippen LogP contribution < -0.4 is 15.4 Å². The highest BCUT2D eigenvalue weighted by atomic mass is 32.2. The molecule has 48 heavy (non-hydrogen) atoms. The van der Waals surface area contributed by atoms with Crippen molar-refractivity contribution in [2.24, 2.45) is 17.1 Å². The molecular weight excluding hydrogens is 635 g/mol. The summed E-state index contributed by atoms with van der Waals surface area (Å²) in [6, 6.07) is 3.99. The van der Waals surface area contributed by atoms with Crippen LogP contribution in [0.1, 0.15) is 70.2 Å². The minimum atomic E-state index is -3.41. The monoisotopic (exact) mass is 686 g/mol. The molecular formula is C34H51FN8O4S. The van der Waals surface area contributed by atoms with Crippen molar-refractivity contribution in [2.75, 3.05) is 63.8 Å². The van der Waals surface area contributed by atoms with Gasteiger partial charge in [0.2, 0.25) is 0 Å². The van der Waals surface area contributed by atoms with Crippen molar-refractivity contribution in [3.8, 4) is 11.5 Å². The number of rotatable bonds is 10. The van der Waals surface area contributed by atoms with Crippen LogP contribution in [-0.4, -0.2) is 120 Å². The second kappa shape index (κ2) is 14.1. The van der Waals surface area contributed by atoms with Crippen LogP contribution in [0.25, 0.3) is 0 Å². The molecule has 0 unspecified atom stereocenters. The number of ether oxygens (including phenoxy) is 1. The third-order valence-electron chi connectivity index (χ3n) is 10.6. The quantitative estimate of drug-likeness (QED) is 0.399. The molecule has 0 aliphatic carbocycles. The van der Waals surface area contributed by atoms with Gasteiger partial charge in [0.1, 0.15) is 17.9 Å². The van der Waals surface area contributed by atoms with E-state index in [1.54, 1.807) is 19.7 Å². The molecule has 1 aromatic carbocycles. The lowest BCUT2D eigenvalue weighted by molar-refractivity contribution is -0.0413. The Morgan fingerprint density at radius 2 is 1.69 bits per heavy atom. The van der Waals surface area contributed by atoms with Crippen LogP contribution in [0, 0.1) is 17.2 Å². The molecule has 14 heteroatoms. The zero-order valence-corrected chi connectivity index (χ0v) is 29.5. The summed E-state index contributed by atoms with van der Waals surface area (Å²) in [6.07, 6.45) is 7.35. The average Bonchev–Trinajstić information content (AvgIpc) is 3.50. The molecule has 0 saturated carbocycles. The fourth-order valence-corrected chi connectivity index (χ4v) is 9.69. The van der Waals surface area contributed by atoms with Crippen molar-refractivity contribution < 1.29 is 22.3 Å². The fourth-order valence-electron chi connectivity index (χ4n) is 8.05. The van der Waals surface area contributed by atoms with Crippen LogP contribution in [0.3, 0.4) is 0 Å². The van der Waals surface area contributed by atoms with E-state index in [1.165, 1.54) is 24.5 Å². The first kappa shape index (κ1) is 34.9. The first-order chi connectivity index (χ1) is 22.8. The first-order valence-corrected chi connectivity index (χ1v) is 18.8. The second-order valence-corrected chi connectivity index (χ2v) is 16.7. The Balaban J connectivity index is 1.04. The van der Waals surface area contributed by atoms with Crippen molar-refractivity contribution in [3.05, 3.63) is 42.1 Å². The maximum atomic E-state index is 14.4. The Morgan fingerprint density at radius 1 is 1.02 bits per heavy atom. The number of hydrogen-bond acceptors (Lipinski definition) is 9. The number of nitrogens with two attached hydrogens (primary N) is 1. The molecule has 6 rings (SSSR count). The predicted octanol–water partition coefficient (Wildman–Crippen LogP) is 3.56. The van der Waals surface area contributed by atoms with Crippen molar-refractivity contribution in [2.45, 2.75) is 77.9 Å². The molecule has 12 nitrogen and oxygen atoms in total. The summed E-state index contributed by atoms with van der Waals surface area (Å²) in [6.45, 7) is 14.6. The van der Waals surface area contributed by atoms with Gasteiger partial charge < -0.3 is 25.2 Å². The van der Waals surface area contributed by atoms with Crippen LogP contribution >= 0.6 is 0 Å². The topological polar surface area (TPSA) is 128 Å². The summed E-state index contributed by atoms with van der Waals surface area (Å²) in [7, 11) is -3.41. The van der Waals surface area contributed by atoms with Crippen molar-refractivity contribution in [1.82, 2.24) is 28.4 Å². The molecule has 5 heterocycles. The summed E-state index contributed by atoms with van der Waals surface area (Å²) < 4.78 is 50.4. The average molecular weight is 687 g/mol. The number of carbonyl (C=O) groups is 1. The summed E-state index contributed by atoms with van der Waals surface area (Å²) in [5, 5.41) is 0. The van der Waals surface area contributed by atoms with Crippen LogP contribution in [0.15, 0.2) is 30.7 Å². The standard InChI is InChI=1S/C34H51FN8O4S/c1-24(2)43(25(3)4)33(44)29-17-27(35)5-6-30(29)47-31-18-37-23-38-32(31)40-12-7-26(20-40)19-39-21-34(22-39)10-15-42(16-11-34)48(45,46)41-13-8-28(36)9-14-41/h5-6,17-18,23-26,28H,7-16,19-22,36H2,1-4H3/t26-/m0/s1. The van der Waals surface area contributed by atoms with E-state index in [0.717, 1.165) is 64.8 Å². The van der Waals surface area contributed by atoms with Gasteiger partial charge in [-0.05, 0) is 89.3 Å². The van der Waals surface area contributed by atoms with Crippen LogP contribution in [0.2, 0.25) is 0 Å². The van der Waals surface area contributed by atoms with E-state index in [9.17, 15) is 17.6 Å². The molecule has 1 amide bonds. The van der Waals surface area contributed by atoms with Crippen LogP contribution in [0.4, 0.5) is 10.2 Å². The van der Waals surface area contributed by atoms with E-state index in [4.69, 9.17) is 10.5 Å². The lowest BCUT2D eigenvalue weighted by atomic mass is 9.72. The Labute approximate surface area is 284 Å². The van der Waals surface area contributed by atoms with E-state index in [-0.39, 0.29) is 40.8 Å². The molecule has 1 aromatic heterocycles. The minimum absolute atomic E-state index is 0.0687. The second-order valence-electron chi connectivity index (χ2n) is 14.8. The van der Waals surface area contributed by atoms with Crippen molar-refractivity contribution in [3.63, 3.8) is 0 Å². The molecule has 2 aromatic rings. The molecule has 4 saturated heterocycles. The minimum Gasteiger partial charge on any atom is -0.451 e. The number of piperidine rings is 2. The summed E-state index contributed by atoms with van der Waals surface area (Å²) in [5.74, 6) is 1.01.